The molecular formula is C11H13Cl2N5. The summed E-state index contributed by atoms with van der Waals surface area (Å²) in [6.45, 7) is 0. The van der Waals surface area contributed by atoms with Crippen LogP contribution in [0.3, 0.4) is 0 Å². The van der Waals surface area contributed by atoms with E-state index in [4.69, 9.17) is 5.73 Å². The van der Waals surface area contributed by atoms with E-state index in [0.717, 1.165) is 17.1 Å². The zero-order chi connectivity index (χ0) is 11.0. The highest BCUT2D eigenvalue weighted by Gasteiger charge is 2.20. The zero-order valence-corrected chi connectivity index (χ0v) is 11.0. The fourth-order valence-electron chi connectivity index (χ4n) is 1.78. The van der Waals surface area contributed by atoms with Crippen LogP contribution >= 0.6 is 24.8 Å². The number of rotatable bonds is 1. The second-order valence-electron chi connectivity index (χ2n) is 3.58. The maximum Gasteiger partial charge on any atom is 0.179 e. The molecule has 0 bridgehead atoms. The van der Waals surface area contributed by atoms with Crippen LogP contribution in [-0.2, 0) is 0 Å². The van der Waals surface area contributed by atoms with Crippen LogP contribution in [0.5, 0.6) is 0 Å². The largest absolute Gasteiger partial charge is 0.383 e. The van der Waals surface area contributed by atoms with E-state index in [-0.39, 0.29) is 31.0 Å². The van der Waals surface area contributed by atoms with Gasteiger partial charge in [-0.05, 0) is 12.1 Å². The molecule has 0 saturated heterocycles. The maximum absolute atomic E-state index is 5.91. The van der Waals surface area contributed by atoms with Crippen molar-refractivity contribution in [2.45, 2.75) is 6.17 Å². The molecule has 1 unspecified atom stereocenters. The van der Waals surface area contributed by atoms with Crippen LogP contribution in [0.25, 0.3) is 0 Å². The molecule has 0 spiro atoms. The molecule has 3 rings (SSSR count). The lowest BCUT2D eigenvalue weighted by molar-refractivity contribution is 0.765. The number of imidazole rings is 1. The van der Waals surface area contributed by atoms with E-state index in [9.17, 15) is 0 Å². The van der Waals surface area contributed by atoms with Crippen LogP contribution in [0.2, 0.25) is 0 Å². The van der Waals surface area contributed by atoms with Crippen LogP contribution < -0.4 is 11.1 Å². The number of halogens is 2. The van der Waals surface area contributed by atoms with Gasteiger partial charge in [0.15, 0.2) is 12.0 Å². The van der Waals surface area contributed by atoms with Crippen molar-refractivity contribution in [2.24, 2.45) is 10.7 Å². The molecule has 5 nitrogen and oxygen atoms in total. The van der Waals surface area contributed by atoms with E-state index >= 15 is 0 Å². The third kappa shape index (κ3) is 2.42. The highest BCUT2D eigenvalue weighted by atomic mass is 35.5. The van der Waals surface area contributed by atoms with Gasteiger partial charge in [0.25, 0.3) is 0 Å². The van der Waals surface area contributed by atoms with Crippen LogP contribution in [-0.4, -0.2) is 15.8 Å². The molecule has 96 valence electrons. The molecule has 7 heteroatoms. The van der Waals surface area contributed by atoms with Gasteiger partial charge in [0.2, 0.25) is 0 Å². The predicted molar refractivity (Wildman–Crippen MR) is 76.6 cm³/mol. The third-order valence-electron chi connectivity index (χ3n) is 2.54. The van der Waals surface area contributed by atoms with Gasteiger partial charge in [-0.25, -0.2) is 9.98 Å². The Kier molecular flexibility index (Phi) is 4.58. The van der Waals surface area contributed by atoms with Gasteiger partial charge in [-0.1, -0.05) is 12.1 Å². The van der Waals surface area contributed by atoms with Gasteiger partial charge >= 0.3 is 0 Å². The molecule has 0 fully saturated rings. The summed E-state index contributed by atoms with van der Waals surface area (Å²) in [4.78, 5) is 11.5. The summed E-state index contributed by atoms with van der Waals surface area (Å²) in [5.41, 5.74) is 7.83. The average molecular weight is 286 g/mol. The number of aromatic nitrogens is 2. The van der Waals surface area contributed by atoms with E-state index in [1.54, 1.807) is 12.4 Å². The Labute approximate surface area is 117 Å². The molecule has 0 saturated carbocycles. The lowest BCUT2D eigenvalue weighted by Crippen LogP contribution is -2.25. The number of hydrogen-bond donors (Lipinski definition) is 3. The highest BCUT2D eigenvalue weighted by molar-refractivity contribution is 6.03. The summed E-state index contributed by atoms with van der Waals surface area (Å²) in [7, 11) is 0. The monoisotopic (exact) mass is 285 g/mol. The van der Waals surface area contributed by atoms with E-state index in [0.29, 0.717) is 5.84 Å². The number of aromatic amines is 1. The number of amidine groups is 1. The molecule has 1 aromatic heterocycles. The minimum absolute atomic E-state index is 0. The van der Waals surface area contributed by atoms with Gasteiger partial charge in [0.1, 0.15) is 5.84 Å². The third-order valence-corrected chi connectivity index (χ3v) is 2.54. The Morgan fingerprint density at radius 2 is 1.94 bits per heavy atom. The van der Waals surface area contributed by atoms with Gasteiger partial charge in [0.05, 0.1) is 0 Å². The first kappa shape index (κ1) is 14.3. The fraction of sp³-hybridized carbons (Fsp3) is 0.0909. The molecule has 1 atom stereocenters. The van der Waals surface area contributed by atoms with E-state index in [1.807, 2.05) is 24.3 Å². The normalized spacial score (nSPS) is 16.4. The van der Waals surface area contributed by atoms with E-state index < -0.39 is 0 Å². The molecule has 4 N–H and O–H groups in total. The van der Waals surface area contributed by atoms with Crippen molar-refractivity contribution in [3.63, 3.8) is 0 Å². The summed E-state index contributed by atoms with van der Waals surface area (Å²) in [6.07, 6.45) is 3.23. The van der Waals surface area contributed by atoms with Crippen LogP contribution in [0, 0.1) is 0 Å². The Bertz CT molecular complexity index is 538. The Balaban J connectivity index is 0.000000810. The number of benzene rings is 1. The SMILES string of the molecule is Cl.Cl.NC1=NC(c2ncc[nH]2)Nc2ccccc21. The maximum atomic E-state index is 5.91. The number of H-pyrrole nitrogens is 1. The summed E-state index contributed by atoms with van der Waals surface area (Å²) in [5.74, 6) is 1.30. The number of anilines is 1. The highest BCUT2D eigenvalue weighted by Crippen LogP contribution is 2.26. The first-order chi connectivity index (χ1) is 7.84. The molecule has 0 aliphatic carbocycles. The standard InChI is InChI=1S/C11H11N5.2ClH/c12-9-7-3-1-2-4-8(7)15-11(16-9)10-13-5-6-14-10;;/h1-6,11,15H,(H2,12,16)(H,13,14);2*1H. The number of nitrogens with two attached hydrogens (primary N) is 1. The number of fused-ring (bicyclic) bond motifs is 1. The van der Waals surface area contributed by atoms with E-state index in [1.165, 1.54) is 0 Å². The van der Waals surface area contributed by atoms with Gasteiger partial charge in [-0.2, -0.15) is 0 Å². The smallest absolute Gasteiger partial charge is 0.179 e. The molecule has 0 radical (unpaired) electrons. The van der Waals surface area contributed by atoms with Crippen molar-refractivity contribution in [3.8, 4) is 0 Å². The summed E-state index contributed by atoms with van der Waals surface area (Å²) in [6, 6.07) is 7.83. The summed E-state index contributed by atoms with van der Waals surface area (Å²) < 4.78 is 0. The molecule has 1 aromatic carbocycles. The molecule has 18 heavy (non-hydrogen) atoms. The first-order valence-corrected chi connectivity index (χ1v) is 5.03. The van der Waals surface area contributed by atoms with Gasteiger partial charge in [-0.3, -0.25) is 0 Å². The molecule has 0 amide bonds. The van der Waals surface area contributed by atoms with E-state index in [2.05, 4.69) is 20.3 Å². The van der Waals surface area contributed by atoms with Gasteiger partial charge in [-0.15, -0.1) is 24.8 Å². The average Bonchev–Trinajstić information content (AvgIpc) is 2.82. The number of para-hydroxylation sites is 1. The van der Waals surface area contributed by atoms with Crippen LogP contribution in [0.4, 0.5) is 5.69 Å². The minimum atomic E-state index is -0.232. The second kappa shape index (κ2) is 5.75. The molecule has 1 aliphatic rings. The zero-order valence-electron chi connectivity index (χ0n) is 9.33. The van der Waals surface area contributed by atoms with Gasteiger partial charge in [0, 0.05) is 23.6 Å². The van der Waals surface area contributed by atoms with Crippen molar-refractivity contribution >= 4 is 36.3 Å². The molecule has 2 aromatic rings. The van der Waals surface area contributed by atoms with Crippen molar-refractivity contribution in [1.82, 2.24) is 9.97 Å². The minimum Gasteiger partial charge on any atom is -0.383 e. The molecule has 1 aliphatic heterocycles. The number of nitrogens with zero attached hydrogens (tertiary/aromatic N) is 2. The fourth-order valence-corrected chi connectivity index (χ4v) is 1.78. The lowest BCUT2D eigenvalue weighted by Gasteiger charge is -2.22. The lowest BCUT2D eigenvalue weighted by atomic mass is 10.1. The number of aliphatic imine (C=N–C) groups is 1. The Morgan fingerprint density at radius 3 is 2.67 bits per heavy atom. The van der Waals surface area contributed by atoms with Crippen LogP contribution in [0.1, 0.15) is 17.6 Å². The topological polar surface area (TPSA) is 79.1 Å². The van der Waals surface area contributed by atoms with Crippen molar-refractivity contribution in [2.75, 3.05) is 5.32 Å². The second-order valence-corrected chi connectivity index (χ2v) is 3.58. The number of nitrogens with one attached hydrogen (secondary N) is 2. The Morgan fingerprint density at radius 1 is 1.17 bits per heavy atom. The van der Waals surface area contributed by atoms with Crippen molar-refractivity contribution < 1.29 is 0 Å². The van der Waals surface area contributed by atoms with Crippen molar-refractivity contribution in [3.05, 3.63) is 48.0 Å². The molecule has 2 heterocycles. The van der Waals surface area contributed by atoms with Crippen molar-refractivity contribution in [1.29, 1.82) is 0 Å². The Hall–Kier alpha value is -1.72. The summed E-state index contributed by atoms with van der Waals surface area (Å²) >= 11 is 0. The van der Waals surface area contributed by atoms with Crippen LogP contribution in [0.15, 0.2) is 41.7 Å². The quantitative estimate of drug-likeness (QED) is 0.751. The number of hydrogen-bond acceptors (Lipinski definition) is 4. The summed E-state index contributed by atoms with van der Waals surface area (Å²) in [5, 5.41) is 3.27. The first-order valence-electron chi connectivity index (χ1n) is 5.03. The molecular weight excluding hydrogens is 273 g/mol. The predicted octanol–water partition coefficient (Wildman–Crippen LogP) is 2.08. The van der Waals surface area contributed by atoms with Gasteiger partial charge < -0.3 is 16.0 Å².